The number of hydrogen-bond donors (Lipinski definition) is 1. The van der Waals surface area contributed by atoms with E-state index in [9.17, 15) is 4.79 Å². The molecule has 0 saturated carbocycles. The van der Waals surface area contributed by atoms with Crippen LogP contribution in [0.1, 0.15) is 5.56 Å². The van der Waals surface area contributed by atoms with Crippen molar-refractivity contribution in [2.24, 2.45) is 5.10 Å². The third kappa shape index (κ3) is 4.06. The van der Waals surface area contributed by atoms with Crippen molar-refractivity contribution in [3.63, 3.8) is 0 Å². The van der Waals surface area contributed by atoms with Crippen LogP contribution in [0.25, 0.3) is 5.69 Å². The first-order valence-electron chi connectivity index (χ1n) is 7.98. The van der Waals surface area contributed by atoms with E-state index < -0.39 is 0 Å². The summed E-state index contributed by atoms with van der Waals surface area (Å²) in [6.45, 7) is 0.215. The Kier molecular flexibility index (Phi) is 4.97. The lowest BCUT2D eigenvalue weighted by atomic mass is 10.2. The van der Waals surface area contributed by atoms with Crippen molar-refractivity contribution in [1.82, 2.24) is 25.6 Å². The summed E-state index contributed by atoms with van der Waals surface area (Å²) in [5.41, 5.74) is 4.10. The van der Waals surface area contributed by atoms with Crippen LogP contribution in [0.5, 0.6) is 11.5 Å². The van der Waals surface area contributed by atoms with Crippen LogP contribution in [-0.4, -0.2) is 44.9 Å². The second-order valence-electron chi connectivity index (χ2n) is 5.40. The number of nitrogens with one attached hydrogen (secondary N) is 1. The number of tetrazole rings is 1. The molecule has 0 radical (unpaired) electrons. The summed E-state index contributed by atoms with van der Waals surface area (Å²) in [7, 11) is 0. The van der Waals surface area contributed by atoms with Crippen LogP contribution in [0.4, 0.5) is 0 Å². The predicted octanol–water partition coefficient (Wildman–Crippen LogP) is 1.63. The number of carbonyl (C=O) groups excluding carboxylic acids is 1. The molecule has 1 aromatic heterocycles. The number of para-hydroxylation sites is 1. The molecular formula is C17H14N6O3S. The number of fused-ring (bicyclic) bond motifs is 1. The van der Waals surface area contributed by atoms with E-state index in [0.29, 0.717) is 16.7 Å². The largest absolute Gasteiger partial charge is 0.454 e. The predicted molar refractivity (Wildman–Crippen MR) is 98.2 cm³/mol. The van der Waals surface area contributed by atoms with Crippen LogP contribution in [0.2, 0.25) is 0 Å². The van der Waals surface area contributed by atoms with Gasteiger partial charge in [0.25, 0.3) is 5.91 Å². The number of ether oxygens (including phenoxy) is 2. The second kappa shape index (κ2) is 7.87. The standard InChI is InChI=1S/C17H14N6O3S/c24-16(19-18-9-12-6-7-14-15(8-12)26-11-25-14)10-27-17-20-21-22-23(17)13-4-2-1-3-5-13/h1-9H,10-11H2,(H,19,24). The number of amides is 1. The molecule has 2 aromatic carbocycles. The van der Waals surface area contributed by atoms with E-state index in [1.807, 2.05) is 36.4 Å². The zero-order valence-corrected chi connectivity index (χ0v) is 14.8. The lowest BCUT2D eigenvalue weighted by molar-refractivity contribution is -0.118. The van der Waals surface area contributed by atoms with Gasteiger partial charge in [-0.05, 0) is 46.3 Å². The number of hydrazone groups is 1. The van der Waals surface area contributed by atoms with Gasteiger partial charge in [0.05, 0.1) is 17.7 Å². The minimum atomic E-state index is -0.264. The molecule has 27 heavy (non-hydrogen) atoms. The highest BCUT2D eigenvalue weighted by Crippen LogP contribution is 2.31. The van der Waals surface area contributed by atoms with Gasteiger partial charge in [0.2, 0.25) is 11.9 Å². The van der Waals surface area contributed by atoms with Crippen LogP contribution < -0.4 is 14.9 Å². The lowest BCUT2D eigenvalue weighted by Gasteiger charge is -2.03. The molecule has 0 spiro atoms. The fourth-order valence-corrected chi connectivity index (χ4v) is 3.02. The first kappa shape index (κ1) is 17.0. The van der Waals surface area contributed by atoms with Crippen LogP contribution in [0, 0.1) is 0 Å². The van der Waals surface area contributed by atoms with Crippen LogP contribution >= 0.6 is 11.8 Å². The molecule has 136 valence electrons. The Balaban J connectivity index is 1.31. The number of rotatable bonds is 6. The Morgan fingerprint density at radius 1 is 1.22 bits per heavy atom. The molecule has 0 aliphatic carbocycles. The number of carbonyl (C=O) groups is 1. The smallest absolute Gasteiger partial charge is 0.250 e. The van der Waals surface area contributed by atoms with Crippen molar-refractivity contribution in [3.8, 4) is 17.2 Å². The van der Waals surface area contributed by atoms with Crippen molar-refractivity contribution in [2.45, 2.75) is 5.16 Å². The third-order valence-electron chi connectivity index (χ3n) is 3.57. The summed E-state index contributed by atoms with van der Waals surface area (Å²) in [5.74, 6) is 1.23. The maximum absolute atomic E-state index is 12.0. The molecular weight excluding hydrogens is 368 g/mol. The number of nitrogens with zero attached hydrogens (tertiary/aromatic N) is 5. The fourth-order valence-electron chi connectivity index (χ4n) is 2.33. The van der Waals surface area contributed by atoms with Gasteiger partial charge in [0.1, 0.15) is 0 Å². The van der Waals surface area contributed by atoms with Crippen molar-refractivity contribution in [2.75, 3.05) is 12.5 Å². The maximum Gasteiger partial charge on any atom is 0.250 e. The van der Waals surface area contributed by atoms with Crippen LogP contribution in [0.3, 0.4) is 0 Å². The van der Waals surface area contributed by atoms with Crippen molar-refractivity contribution < 1.29 is 14.3 Å². The molecule has 9 nitrogen and oxygen atoms in total. The van der Waals surface area contributed by atoms with Gasteiger partial charge in [-0.25, -0.2) is 5.43 Å². The topological polar surface area (TPSA) is 104 Å². The summed E-state index contributed by atoms with van der Waals surface area (Å²) in [4.78, 5) is 12.0. The summed E-state index contributed by atoms with van der Waals surface area (Å²) >= 11 is 1.22. The molecule has 1 aliphatic rings. The number of hydrogen-bond acceptors (Lipinski definition) is 8. The minimum absolute atomic E-state index is 0.131. The van der Waals surface area contributed by atoms with Gasteiger partial charge in [-0.1, -0.05) is 30.0 Å². The van der Waals surface area contributed by atoms with Gasteiger partial charge in [-0.15, -0.1) is 5.10 Å². The Morgan fingerprint density at radius 2 is 2.07 bits per heavy atom. The SMILES string of the molecule is O=C(CSc1nnnn1-c1ccccc1)NN=Cc1ccc2c(c1)OCO2. The Bertz CT molecular complexity index is 976. The van der Waals surface area contributed by atoms with Gasteiger partial charge < -0.3 is 9.47 Å². The first-order valence-corrected chi connectivity index (χ1v) is 8.96. The molecule has 0 fully saturated rings. The van der Waals surface area contributed by atoms with Gasteiger partial charge in [-0.2, -0.15) is 9.78 Å². The fraction of sp³-hybridized carbons (Fsp3) is 0.118. The molecule has 4 rings (SSSR count). The minimum Gasteiger partial charge on any atom is -0.454 e. The van der Waals surface area contributed by atoms with E-state index in [-0.39, 0.29) is 18.5 Å². The molecule has 1 aliphatic heterocycles. The molecule has 10 heteroatoms. The van der Waals surface area contributed by atoms with E-state index in [1.54, 1.807) is 23.0 Å². The number of benzene rings is 2. The zero-order chi connectivity index (χ0) is 18.5. The maximum atomic E-state index is 12.0. The molecule has 0 atom stereocenters. The normalized spacial score (nSPS) is 12.4. The first-order chi connectivity index (χ1) is 13.3. The highest BCUT2D eigenvalue weighted by Gasteiger charge is 2.13. The van der Waals surface area contributed by atoms with Gasteiger partial charge in [0, 0.05) is 0 Å². The van der Waals surface area contributed by atoms with Crippen molar-refractivity contribution in [3.05, 3.63) is 54.1 Å². The van der Waals surface area contributed by atoms with Crippen LogP contribution in [0.15, 0.2) is 58.8 Å². The summed E-state index contributed by atoms with van der Waals surface area (Å²) in [6.07, 6.45) is 1.54. The molecule has 0 bridgehead atoms. The molecule has 0 unspecified atom stereocenters. The number of thioether (sulfide) groups is 1. The molecule has 3 aromatic rings. The molecule has 1 N–H and O–H groups in total. The van der Waals surface area contributed by atoms with Gasteiger partial charge >= 0.3 is 0 Å². The summed E-state index contributed by atoms with van der Waals surface area (Å²) in [6, 6.07) is 14.9. The highest BCUT2D eigenvalue weighted by molar-refractivity contribution is 7.99. The van der Waals surface area contributed by atoms with E-state index >= 15 is 0 Å². The summed E-state index contributed by atoms with van der Waals surface area (Å²) in [5, 5.41) is 16.0. The van der Waals surface area contributed by atoms with Crippen molar-refractivity contribution in [1.29, 1.82) is 0 Å². The van der Waals surface area contributed by atoms with E-state index in [4.69, 9.17) is 9.47 Å². The average Bonchev–Trinajstić information content (AvgIpc) is 3.36. The van der Waals surface area contributed by atoms with Crippen molar-refractivity contribution >= 4 is 23.9 Å². The number of aromatic nitrogens is 4. The molecule has 0 saturated heterocycles. The molecule has 1 amide bonds. The quantitative estimate of drug-likeness (QED) is 0.393. The van der Waals surface area contributed by atoms with Gasteiger partial charge in [0.15, 0.2) is 11.5 Å². The Hall–Kier alpha value is -3.40. The average molecular weight is 382 g/mol. The molecule has 2 heterocycles. The van der Waals surface area contributed by atoms with E-state index in [0.717, 1.165) is 11.3 Å². The van der Waals surface area contributed by atoms with Crippen LogP contribution in [-0.2, 0) is 4.79 Å². The third-order valence-corrected chi connectivity index (χ3v) is 4.49. The van der Waals surface area contributed by atoms with E-state index in [1.165, 1.54) is 11.8 Å². The Morgan fingerprint density at radius 3 is 2.96 bits per heavy atom. The van der Waals surface area contributed by atoms with E-state index in [2.05, 4.69) is 26.1 Å². The summed E-state index contributed by atoms with van der Waals surface area (Å²) < 4.78 is 12.1. The Labute approximate surface area is 158 Å². The van der Waals surface area contributed by atoms with Gasteiger partial charge in [-0.3, -0.25) is 4.79 Å². The second-order valence-corrected chi connectivity index (χ2v) is 6.35. The highest BCUT2D eigenvalue weighted by atomic mass is 32.2. The zero-order valence-electron chi connectivity index (χ0n) is 14.0. The monoisotopic (exact) mass is 382 g/mol. The lowest BCUT2D eigenvalue weighted by Crippen LogP contribution is -2.20.